The van der Waals surface area contributed by atoms with Gasteiger partial charge in [0.1, 0.15) is 22.3 Å². The number of hydrogen-bond acceptors (Lipinski definition) is 6. The summed E-state index contributed by atoms with van der Waals surface area (Å²) in [5, 5.41) is 14.9. The predicted molar refractivity (Wildman–Crippen MR) is 99.9 cm³/mol. The zero-order valence-electron chi connectivity index (χ0n) is 14.4. The van der Waals surface area contributed by atoms with Crippen LogP contribution in [0.2, 0.25) is 0 Å². The van der Waals surface area contributed by atoms with Gasteiger partial charge in [-0.25, -0.2) is 4.98 Å². The van der Waals surface area contributed by atoms with Gasteiger partial charge < -0.3 is 19.9 Å². The van der Waals surface area contributed by atoms with Gasteiger partial charge in [-0.3, -0.25) is 4.79 Å². The molecule has 7 heteroatoms. The third kappa shape index (κ3) is 4.12. The molecule has 134 valence electrons. The first kappa shape index (κ1) is 17.8. The van der Waals surface area contributed by atoms with E-state index in [0.29, 0.717) is 23.6 Å². The second-order valence-electron chi connectivity index (χ2n) is 5.46. The quantitative estimate of drug-likeness (QED) is 0.694. The summed E-state index contributed by atoms with van der Waals surface area (Å²) in [4.78, 5) is 16.9. The average molecular weight is 370 g/mol. The Balaban J connectivity index is 1.67. The maximum absolute atomic E-state index is 12.4. The van der Waals surface area contributed by atoms with Crippen molar-refractivity contribution < 1.29 is 19.4 Å². The molecule has 0 aliphatic heterocycles. The van der Waals surface area contributed by atoms with Gasteiger partial charge in [0.05, 0.1) is 26.5 Å². The Bertz CT molecular complexity index is 884. The van der Waals surface area contributed by atoms with Gasteiger partial charge in [0.2, 0.25) is 0 Å². The van der Waals surface area contributed by atoms with Gasteiger partial charge in [-0.2, -0.15) is 0 Å². The van der Waals surface area contributed by atoms with E-state index in [1.165, 1.54) is 25.6 Å². The highest BCUT2D eigenvalue weighted by molar-refractivity contribution is 7.09. The Hall–Kier alpha value is -3.06. The third-order valence-electron chi connectivity index (χ3n) is 3.73. The van der Waals surface area contributed by atoms with Crippen molar-refractivity contribution in [3.8, 4) is 28.5 Å². The van der Waals surface area contributed by atoms with Crippen LogP contribution in [0.1, 0.15) is 15.4 Å². The summed E-state index contributed by atoms with van der Waals surface area (Å²) in [6.07, 6.45) is 0. The van der Waals surface area contributed by atoms with Gasteiger partial charge >= 0.3 is 0 Å². The van der Waals surface area contributed by atoms with Crippen LogP contribution in [0.15, 0.2) is 47.8 Å². The number of nitrogens with one attached hydrogen (secondary N) is 1. The number of carbonyl (C=O) groups excluding carboxylic acids is 1. The van der Waals surface area contributed by atoms with E-state index < -0.39 is 0 Å². The summed E-state index contributed by atoms with van der Waals surface area (Å²) in [7, 11) is 3.08. The predicted octanol–water partition coefficient (Wildman–Crippen LogP) is 3.46. The summed E-state index contributed by atoms with van der Waals surface area (Å²) < 4.78 is 10.4. The molecule has 0 fully saturated rings. The zero-order chi connectivity index (χ0) is 18.5. The molecule has 0 radical (unpaired) electrons. The van der Waals surface area contributed by atoms with E-state index in [1.807, 2.05) is 5.38 Å². The number of phenols is 1. The molecule has 1 amide bonds. The molecule has 0 spiro atoms. The van der Waals surface area contributed by atoms with Crippen molar-refractivity contribution in [1.82, 2.24) is 10.3 Å². The van der Waals surface area contributed by atoms with Gasteiger partial charge in [0.15, 0.2) is 0 Å². The molecule has 3 rings (SSSR count). The third-order valence-corrected chi connectivity index (χ3v) is 4.58. The fourth-order valence-corrected chi connectivity index (χ4v) is 3.10. The van der Waals surface area contributed by atoms with Crippen molar-refractivity contribution in [2.45, 2.75) is 6.54 Å². The fraction of sp³-hybridized carbons (Fsp3) is 0.158. The molecule has 26 heavy (non-hydrogen) atoms. The molecule has 0 unspecified atom stereocenters. The topological polar surface area (TPSA) is 80.7 Å². The minimum absolute atomic E-state index is 0.213. The first-order valence-electron chi connectivity index (χ1n) is 7.84. The number of hydrogen-bond donors (Lipinski definition) is 2. The normalized spacial score (nSPS) is 10.4. The van der Waals surface area contributed by atoms with Gasteiger partial charge in [0, 0.05) is 22.6 Å². The molecule has 1 aromatic heterocycles. The molecule has 0 bridgehead atoms. The van der Waals surface area contributed by atoms with Crippen LogP contribution in [0.25, 0.3) is 11.3 Å². The van der Waals surface area contributed by atoms with Gasteiger partial charge in [-0.05, 0) is 36.4 Å². The lowest BCUT2D eigenvalue weighted by molar-refractivity contribution is 0.0950. The van der Waals surface area contributed by atoms with Gasteiger partial charge in [-0.1, -0.05) is 0 Å². The highest BCUT2D eigenvalue weighted by Gasteiger charge is 2.11. The van der Waals surface area contributed by atoms with Crippen LogP contribution < -0.4 is 14.8 Å². The van der Waals surface area contributed by atoms with Gasteiger partial charge in [0.25, 0.3) is 5.91 Å². The van der Waals surface area contributed by atoms with Crippen molar-refractivity contribution in [1.29, 1.82) is 0 Å². The highest BCUT2D eigenvalue weighted by atomic mass is 32.1. The number of carbonyl (C=O) groups is 1. The number of aromatic hydroxyl groups is 1. The van der Waals surface area contributed by atoms with E-state index in [-0.39, 0.29) is 11.7 Å². The van der Waals surface area contributed by atoms with Crippen molar-refractivity contribution in [3.63, 3.8) is 0 Å². The molecular weight excluding hydrogens is 352 g/mol. The number of aromatic nitrogens is 1. The minimum Gasteiger partial charge on any atom is -0.508 e. The summed E-state index contributed by atoms with van der Waals surface area (Å²) in [6.45, 7) is 0.321. The van der Waals surface area contributed by atoms with Crippen LogP contribution in [0.5, 0.6) is 17.2 Å². The number of ether oxygens (including phenoxy) is 2. The number of nitrogens with zero attached hydrogens (tertiary/aromatic N) is 1. The maximum Gasteiger partial charge on any atom is 0.251 e. The van der Waals surface area contributed by atoms with Crippen LogP contribution in [-0.2, 0) is 6.54 Å². The fourth-order valence-electron chi connectivity index (χ4n) is 2.35. The lowest BCUT2D eigenvalue weighted by atomic mass is 10.2. The van der Waals surface area contributed by atoms with E-state index in [1.54, 1.807) is 42.5 Å². The summed E-state index contributed by atoms with van der Waals surface area (Å²) >= 11 is 1.46. The molecule has 0 saturated carbocycles. The summed E-state index contributed by atoms with van der Waals surface area (Å²) in [6, 6.07) is 11.9. The molecule has 2 N–H and O–H groups in total. The van der Waals surface area contributed by atoms with E-state index in [0.717, 1.165) is 16.3 Å². The second kappa shape index (κ2) is 7.88. The molecule has 6 nitrogen and oxygen atoms in total. The Kier molecular flexibility index (Phi) is 5.38. The first-order valence-corrected chi connectivity index (χ1v) is 8.72. The number of methoxy groups -OCH3 is 2. The molecular formula is C19H18N2O4S. The molecule has 2 aromatic carbocycles. The van der Waals surface area contributed by atoms with Crippen LogP contribution in [0, 0.1) is 0 Å². The Morgan fingerprint density at radius 3 is 2.38 bits per heavy atom. The molecule has 3 aromatic rings. The van der Waals surface area contributed by atoms with Crippen LogP contribution >= 0.6 is 11.3 Å². The second-order valence-corrected chi connectivity index (χ2v) is 6.40. The Morgan fingerprint density at radius 2 is 1.77 bits per heavy atom. The van der Waals surface area contributed by atoms with Crippen LogP contribution in [0.3, 0.4) is 0 Å². The average Bonchev–Trinajstić information content (AvgIpc) is 3.15. The van der Waals surface area contributed by atoms with Gasteiger partial charge in [-0.15, -0.1) is 11.3 Å². The van der Waals surface area contributed by atoms with Crippen LogP contribution in [-0.4, -0.2) is 30.2 Å². The number of phenolic OH excluding ortho intramolecular Hbond substituents is 1. The van der Waals surface area contributed by atoms with E-state index in [9.17, 15) is 9.90 Å². The van der Waals surface area contributed by atoms with Crippen molar-refractivity contribution in [2.24, 2.45) is 0 Å². The zero-order valence-corrected chi connectivity index (χ0v) is 15.2. The van der Waals surface area contributed by atoms with E-state index in [4.69, 9.17) is 9.47 Å². The number of benzene rings is 2. The Labute approximate surface area is 155 Å². The first-order chi connectivity index (χ1) is 12.6. The SMILES string of the molecule is COc1cc(OC)cc(C(=O)NCc2nc(-c3ccc(O)cc3)cs2)c1. The van der Waals surface area contributed by atoms with Crippen LogP contribution in [0.4, 0.5) is 0 Å². The van der Waals surface area contributed by atoms with Crippen molar-refractivity contribution >= 4 is 17.2 Å². The molecule has 0 atom stereocenters. The molecule has 0 aliphatic rings. The standard InChI is InChI=1S/C19H18N2O4S/c1-24-15-7-13(8-16(9-15)25-2)19(23)20-10-18-21-17(11-26-18)12-3-5-14(22)6-4-12/h3-9,11,22H,10H2,1-2H3,(H,20,23). The molecule has 0 aliphatic carbocycles. The summed E-state index contributed by atoms with van der Waals surface area (Å²) in [5.74, 6) is 1.09. The lowest BCUT2D eigenvalue weighted by Crippen LogP contribution is -2.22. The smallest absolute Gasteiger partial charge is 0.251 e. The lowest BCUT2D eigenvalue weighted by Gasteiger charge is -2.08. The Morgan fingerprint density at radius 1 is 1.12 bits per heavy atom. The maximum atomic E-state index is 12.4. The number of thiazole rings is 1. The van der Waals surface area contributed by atoms with Crippen molar-refractivity contribution in [2.75, 3.05) is 14.2 Å². The molecule has 1 heterocycles. The largest absolute Gasteiger partial charge is 0.508 e. The minimum atomic E-state index is -0.233. The highest BCUT2D eigenvalue weighted by Crippen LogP contribution is 2.24. The van der Waals surface area contributed by atoms with E-state index >= 15 is 0 Å². The van der Waals surface area contributed by atoms with Crippen molar-refractivity contribution in [3.05, 3.63) is 58.4 Å². The number of amides is 1. The van der Waals surface area contributed by atoms with E-state index in [2.05, 4.69) is 10.3 Å². The molecule has 0 saturated heterocycles. The monoisotopic (exact) mass is 370 g/mol. The number of rotatable bonds is 6. The summed E-state index contributed by atoms with van der Waals surface area (Å²) in [5.41, 5.74) is 2.17.